The molecule has 0 unspecified atom stereocenters. The van der Waals surface area contributed by atoms with Crippen LogP contribution in [0.4, 0.5) is 11.4 Å². The van der Waals surface area contributed by atoms with Crippen LogP contribution in [-0.4, -0.2) is 26.6 Å². The molecule has 0 aliphatic carbocycles. The molecular formula is C16H15Cl3N2O3S. The van der Waals surface area contributed by atoms with E-state index in [2.05, 4.69) is 5.32 Å². The Morgan fingerprint density at radius 1 is 1.08 bits per heavy atom. The van der Waals surface area contributed by atoms with Crippen LogP contribution in [0.15, 0.2) is 42.5 Å². The van der Waals surface area contributed by atoms with Gasteiger partial charge in [-0.1, -0.05) is 46.9 Å². The molecular weight excluding hydrogens is 407 g/mol. The summed E-state index contributed by atoms with van der Waals surface area (Å²) in [6, 6.07) is 9.96. The van der Waals surface area contributed by atoms with Crippen molar-refractivity contribution in [2.45, 2.75) is 13.0 Å². The van der Waals surface area contributed by atoms with Gasteiger partial charge in [0.2, 0.25) is 15.9 Å². The van der Waals surface area contributed by atoms with Crippen LogP contribution < -0.4 is 9.62 Å². The number of para-hydroxylation sites is 1. The van der Waals surface area contributed by atoms with Gasteiger partial charge < -0.3 is 5.32 Å². The van der Waals surface area contributed by atoms with Gasteiger partial charge in [0.1, 0.15) is 6.04 Å². The number of benzene rings is 2. The second-order valence-corrected chi connectivity index (χ2v) is 8.41. The van der Waals surface area contributed by atoms with E-state index < -0.39 is 22.0 Å². The largest absolute Gasteiger partial charge is 0.323 e. The highest BCUT2D eigenvalue weighted by Crippen LogP contribution is 2.32. The van der Waals surface area contributed by atoms with Crippen LogP contribution in [0.1, 0.15) is 6.92 Å². The van der Waals surface area contributed by atoms with Crippen molar-refractivity contribution < 1.29 is 13.2 Å². The van der Waals surface area contributed by atoms with E-state index in [4.69, 9.17) is 34.8 Å². The third kappa shape index (κ3) is 4.79. The number of carbonyl (C=O) groups excluding carboxylic acids is 1. The number of sulfonamides is 1. The van der Waals surface area contributed by atoms with Crippen LogP contribution in [0.5, 0.6) is 0 Å². The van der Waals surface area contributed by atoms with E-state index >= 15 is 0 Å². The SMILES string of the molecule is C[C@H](C(=O)Nc1ccccc1Cl)N(c1cc(Cl)ccc1Cl)S(C)(=O)=O. The predicted molar refractivity (Wildman–Crippen MR) is 103 cm³/mol. The fraction of sp³-hybridized carbons (Fsp3) is 0.188. The Morgan fingerprint density at radius 2 is 1.72 bits per heavy atom. The first-order valence-corrected chi connectivity index (χ1v) is 10.1. The molecule has 1 amide bonds. The zero-order chi connectivity index (χ0) is 18.8. The van der Waals surface area contributed by atoms with Gasteiger partial charge in [-0.05, 0) is 37.3 Å². The van der Waals surface area contributed by atoms with E-state index in [-0.39, 0.29) is 10.7 Å². The molecule has 0 saturated carbocycles. The minimum absolute atomic E-state index is 0.124. The molecule has 0 heterocycles. The molecule has 134 valence electrons. The van der Waals surface area contributed by atoms with E-state index in [0.717, 1.165) is 10.6 Å². The molecule has 0 aliphatic rings. The zero-order valence-electron chi connectivity index (χ0n) is 13.3. The van der Waals surface area contributed by atoms with Gasteiger partial charge in [-0.25, -0.2) is 8.42 Å². The molecule has 0 radical (unpaired) electrons. The number of hydrogen-bond donors (Lipinski definition) is 1. The molecule has 2 aromatic rings. The van der Waals surface area contributed by atoms with Crippen LogP contribution in [-0.2, 0) is 14.8 Å². The highest BCUT2D eigenvalue weighted by atomic mass is 35.5. The summed E-state index contributed by atoms with van der Waals surface area (Å²) < 4.78 is 25.5. The summed E-state index contributed by atoms with van der Waals surface area (Å²) >= 11 is 18.1. The Kier molecular flexibility index (Phi) is 6.21. The molecule has 0 fully saturated rings. The van der Waals surface area contributed by atoms with Gasteiger partial charge in [0, 0.05) is 5.02 Å². The van der Waals surface area contributed by atoms with Gasteiger partial charge >= 0.3 is 0 Å². The maximum absolute atomic E-state index is 12.6. The Bertz CT molecular complexity index is 903. The van der Waals surface area contributed by atoms with Crippen molar-refractivity contribution in [2.24, 2.45) is 0 Å². The molecule has 2 rings (SSSR count). The van der Waals surface area contributed by atoms with Crippen molar-refractivity contribution in [2.75, 3.05) is 15.9 Å². The van der Waals surface area contributed by atoms with E-state index in [9.17, 15) is 13.2 Å². The van der Waals surface area contributed by atoms with Gasteiger partial charge in [0.05, 0.1) is 27.7 Å². The number of nitrogens with zero attached hydrogens (tertiary/aromatic N) is 1. The standard InChI is InChI=1S/C16H15Cl3N2O3S/c1-10(16(22)20-14-6-4-3-5-12(14)18)21(25(2,23)24)15-9-11(17)7-8-13(15)19/h3-10H,1-2H3,(H,20,22)/t10-/m1/s1. The lowest BCUT2D eigenvalue weighted by molar-refractivity contribution is -0.116. The third-order valence-corrected chi connectivity index (χ3v) is 5.48. The monoisotopic (exact) mass is 420 g/mol. The van der Waals surface area contributed by atoms with Crippen LogP contribution in [0, 0.1) is 0 Å². The molecule has 5 nitrogen and oxygen atoms in total. The first-order valence-electron chi connectivity index (χ1n) is 7.11. The maximum Gasteiger partial charge on any atom is 0.248 e. The van der Waals surface area contributed by atoms with Crippen LogP contribution in [0.3, 0.4) is 0 Å². The Morgan fingerprint density at radius 3 is 2.32 bits per heavy atom. The number of hydrogen-bond acceptors (Lipinski definition) is 3. The van der Waals surface area contributed by atoms with Gasteiger partial charge in [-0.2, -0.15) is 0 Å². The lowest BCUT2D eigenvalue weighted by Gasteiger charge is -2.29. The van der Waals surface area contributed by atoms with Gasteiger partial charge in [-0.15, -0.1) is 0 Å². The molecule has 25 heavy (non-hydrogen) atoms. The molecule has 0 saturated heterocycles. The topological polar surface area (TPSA) is 66.5 Å². The number of amides is 1. The number of halogens is 3. The first kappa shape index (κ1) is 19.8. The summed E-state index contributed by atoms with van der Waals surface area (Å²) in [6.45, 7) is 1.45. The zero-order valence-corrected chi connectivity index (χ0v) is 16.4. The average Bonchev–Trinajstić information content (AvgIpc) is 2.51. The summed E-state index contributed by atoms with van der Waals surface area (Å²) in [6.07, 6.45) is 0.990. The summed E-state index contributed by atoms with van der Waals surface area (Å²) in [5, 5.41) is 3.41. The third-order valence-electron chi connectivity index (χ3n) is 3.37. The number of anilines is 2. The Hall–Kier alpha value is -1.47. The smallest absolute Gasteiger partial charge is 0.248 e. The number of carbonyl (C=O) groups is 1. The minimum Gasteiger partial charge on any atom is -0.323 e. The van der Waals surface area contributed by atoms with Gasteiger partial charge in [0.25, 0.3) is 0 Å². The summed E-state index contributed by atoms with van der Waals surface area (Å²) in [7, 11) is -3.81. The van der Waals surface area contributed by atoms with E-state index in [0.29, 0.717) is 15.7 Å². The molecule has 0 aromatic heterocycles. The van der Waals surface area contributed by atoms with E-state index in [1.54, 1.807) is 24.3 Å². The molecule has 1 atom stereocenters. The maximum atomic E-state index is 12.6. The van der Waals surface area contributed by atoms with Gasteiger partial charge in [-0.3, -0.25) is 9.10 Å². The van der Waals surface area contributed by atoms with Crippen molar-refractivity contribution in [3.8, 4) is 0 Å². The Balaban J connectivity index is 2.40. The highest BCUT2D eigenvalue weighted by molar-refractivity contribution is 7.92. The summed E-state index contributed by atoms with van der Waals surface area (Å²) in [4.78, 5) is 12.6. The average molecular weight is 422 g/mol. The number of nitrogens with one attached hydrogen (secondary N) is 1. The van der Waals surface area contributed by atoms with E-state index in [1.807, 2.05) is 0 Å². The van der Waals surface area contributed by atoms with E-state index in [1.165, 1.54) is 25.1 Å². The second-order valence-electron chi connectivity index (χ2n) is 5.30. The molecule has 9 heteroatoms. The predicted octanol–water partition coefficient (Wildman–Crippen LogP) is 4.44. The van der Waals surface area contributed by atoms with Crippen molar-refractivity contribution in [1.29, 1.82) is 0 Å². The van der Waals surface area contributed by atoms with Crippen molar-refractivity contribution >= 4 is 62.1 Å². The second kappa shape index (κ2) is 7.83. The number of rotatable bonds is 5. The quantitative estimate of drug-likeness (QED) is 0.776. The highest BCUT2D eigenvalue weighted by Gasteiger charge is 2.31. The molecule has 2 aromatic carbocycles. The van der Waals surface area contributed by atoms with Crippen molar-refractivity contribution in [3.05, 3.63) is 57.5 Å². The lowest BCUT2D eigenvalue weighted by atomic mass is 10.2. The van der Waals surface area contributed by atoms with Crippen molar-refractivity contribution in [3.63, 3.8) is 0 Å². The molecule has 1 N–H and O–H groups in total. The molecule has 0 spiro atoms. The first-order chi connectivity index (χ1) is 11.6. The lowest BCUT2D eigenvalue weighted by Crippen LogP contribution is -2.45. The fourth-order valence-electron chi connectivity index (χ4n) is 2.24. The van der Waals surface area contributed by atoms with Crippen molar-refractivity contribution in [1.82, 2.24) is 0 Å². The van der Waals surface area contributed by atoms with Crippen LogP contribution in [0.2, 0.25) is 15.1 Å². The van der Waals surface area contributed by atoms with Crippen LogP contribution >= 0.6 is 34.8 Å². The Labute approximate surface area is 161 Å². The normalized spacial score (nSPS) is 12.5. The fourth-order valence-corrected chi connectivity index (χ4v) is 4.02. The van der Waals surface area contributed by atoms with Crippen LogP contribution in [0.25, 0.3) is 0 Å². The molecule has 0 bridgehead atoms. The minimum atomic E-state index is -3.81. The van der Waals surface area contributed by atoms with Gasteiger partial charge in [0.15, 0.2) is 0 Å². The summed E-state index contributed by atoms with van der Waals surface area (Å²) in [5.41, 5.74) is 0.505. The molecule has 0 aliphatic heterocycles. The summed E-state index contributed by atoms with van der Waals surface area (Å²) in [5.74, 6) is -0.561.